The van der Waals surface area contributed by atoms with E-state index in [2.05, 4.69) is 17.0 Å². The van der Waals surface area contributed by atoms with Crippen LogP contribution in [0, 0.1) is 0 Å². The maximum absolute atomic E-state index is 10.3. The molecule has 0 aliphatic heterocycles. The Labute approximate surface area is 129 Å². The molecule has 0 saturated heterocycles. The van der Waals surface area contributed by atoms with Gasteiger partial charge in [-0.2, -0.15) is 5.10 Å². The summed E-state index contributed by atoms with van der Waals surface area (Å²) in [5.74, 6) is -0.0550. The second kappa shape index (κ2) is 5.25. The van der Waals surface area contributed by atoms with Crippen molar-refractivity contribution < 1.29 is 10.2 Å². The monoisotopic (exact) mass is 299 g/mol. The van der Waals surface area contributed by atoms with E-state index in [1.807, 2.05) is 28.9 Å². The summed E-state index contributed by atoms with van der Waals surface area (Å²) >= 11 is 0. The Morgan fingerprint density at radius 2 is 1.95 bits per heavy atom. The third-order valence-corrected chi connectivity index (χ3v) is 3.70. The van der Waals surface area contributed by atoms with Gasteiger partial charge in [0.1, 0.15) is 0 Å². The van der Waals surface area contributed by atoms with Crippen molar-refractivity contribution in [3.05, 3.63) is 30.0 Å². The quantitative estimate of drug-likeness (QED) is 0.777. The van der Waals surface area contributed by atoms with E-state index in [1.165, 1.54) is 0 Å². The fraction of sp³-hybridized carbons (Fsp3) is 0.412. The largest absolute Gasteiger partial charge is 0.492 e. The van der Waals surface area contributed by atoms with Crippen molar-refractivity contribution in [3.63, 3.8) is 0 Å². The molecule has 3 aromatic rings. The van der Waals surface area contributed by atoms with Crippen LogP contribution in [0.5, 0.6) is 5.88 Å². The average molecular weight is 299 g/mol. The molecular formula is C17H21N3O2. The molecule has 0 radical (unpaired) electrons. The van der Waals surface area contributed by atoms with Crippen molar-refractivity contribution in [1.29, 1.82) is 0 Å². The summed E-state index contributed by atoms with van der Waals surface area (Å²) in [6.45, 7) is 6.39. The number of rotatable bonds is 4. The number of para-hydroxylation sites is 1. The van der Waals surface area contributed by atoms with E-state index in [0.717, 1.165) is 34.9 Å². The van der Waals surface area contributed by atoms with Gasteiger partial charge < -0.3 is 10.2 Å². The Kier molecular flexibility index (Phi) is 3.53. The number of benzene rings is 1. The van der Waals surface area contributed by atoms with E-state index in [9.17, 15) is 10.2 Å². The van der Waals surface area contributed by atoms with Crippen LogP contribution in [0.2, 0.25) is 0 Å². The molecule has 0 fully saturated rings. The van der Waals surface area contributed by atoms with E-state index in [1.54, 1.807) is 13.8 Å². The van der Waals surface area contributed by atoms with E-state index in [0.29, 0.717) is 11.9 Å². The maximum Gasteiger partial charge on any atom is 0.240 e. The Morgan fingerprint density at radius 3 is 2.64 bits per heavy atom. The zero-order valence-corrected chi connectivity index (χ0v) is 13.2. The van der Waals surface area contributed by atoms with Gasteiger partial charge in [0.15, 0.2) is 5.52 Å². The SMILES string of the molecule is CCCn1nc2c(O)nc3ccccc3c2c1CC(C)(C)O. The lowest BCUT2D eigenvalue weighted by molar-refractivity contribution is 0.0789. The zero-order valence-electron chi connectivity index (χ0n) is 13.2. The van der Waals surface area contributed by atoms with Gasteiger partial charge in [-0.25, -0.2) is 4.98 Å². The van der Waals surface area contributed by atoms with Crippen LogP contribution in [-0.4, -0.2) is 30.6 Å². The first-order valence-corrected chi connectivity index (χ1v) is 7.60. The molecule has 0 saturated carbocycles. The maximum atomic E-state index is 10.3. The normalized spacial score (nSPS) is 12.4. The topological polar surface area (TPSA) is 71.2 Å². The summed E-state index contributed by atoms with van der Waals surface area (Å²) in [7, 11) is 0. The van der Waals surface area contributed by atoms with Gasteiger partial charge in [-0.1, -0.05) is 25.1 Å². The minimum Gasteiger partial charge on any atom is -0.492 e. The molecular weight excluding hydrogens is 278 g/mol. The second-order valence-corrected chi connectivity index (χ2v) is 6.34. The minimum absolute atomic E-state index is 0.0550. The molecule has 0 atom stereocenters. The summed E-state index contributed by atoms with van der Waals surface area (Å²) in [6, 6.07) is 7.70. The Hall–Kier alpha value is -2.14. The predicted molar refractivity (Wildman–Crippen MR) is 87.0 cm³/mol. The lowest BCUT2D eigenvalue weighted by Crippen LogP contribution is -2.24. The number of aromatic hydroxyl groups is 1. The van der Waals surface area contributed by atoms with Gasteiger partial charge in [0.2, 0.25) is 5.88 Å². The van der Waals surface area contributed by atoms with Crippen LogP contribution in [0.3, 0.4) is 0 Å². The summed E-state index contributed by atoms with van der Waals surface area (Å²) in [5.41, 5.74) is 1.34. The summed E-state index contributed by atoms with van der Waals surface area (Å²) in [4.78, 5) is 4.23. The number of hydrogen-bond donors (Lipinski definition) is 2. The second-order valence-electron chi connectivity index (χ2n) is 6.34. The molecule has 1 aromatic carbocycles. The van der Waals surface area contributed by atoms with E-state index < -0.39 is 5.60 Å². The molecule has 0 amide bonds. The van der Waals surface area contributed by atoms with Crippen LogP contribution in [-0.2, 0) is 13.0 Å². The van der Waals surface area contributed by atoms with Gasteiger partial charge in [0.25, 0.3) is 0 Å². The van der Waals surface area contributed by atoms with E-state index >= 15 is 0 Å². The predicted octanol–water partition coefficient (Wildman–Crippen LogP) is 3.01. The van der Waals surface area contributed by atoms with Crippen LogP contribution in [0.1, 0.15) is 32.9 Å². The molecule has 2 N–H and O–H groups in total. The van der Waals surface area contributed by atoms with Gasteiger partial charge in [-0.3, -0.25) is 4.68 Å². The third-order valence-electron chi connectivity index (χ3n) is 3.70. The lowest BCUT2D eigenvalue weighted by atomic mass is 9.99. The molecule has 0 bridgehead atoms. The highest BCUT2D eigenvalue weighted by atomic mass is 16.3. The van der Waals surface area contributed by atoms with Gasteiger partial charge >= 0.3 is 0 Å². The van der Waals surface area contributed by atoms with Gasteiger partial charge in [-0.05, 0) is 26.3 Å². The molecule has 3 rings (SSSR count). The first-order chi connectivity index (χ1) is 10.4. The number of fused-ring (bicyclic) bond motifs is 3. The first kappa shape index (κ1) is 14.8. The standard InChI is InChI=1S/C17H21N3O2/c1-4-9-20-13(10-17(2,3)22)14-11-7-5-6-8-12(11)18-16(21)15(14)19-20/h5-8,22H,4,9-10H2,1-3H3,(H,18,21). The minimum atomic E-state index is -0.849. The smallest absolute Gasteiger partial charge is 0.240 e. The highest BCUT2D eigenvalue weighted by Crippen LogP contribution is 2.33. The van der Waals surface area contributed by atoms with Crippen molar-refractivity contribution in [1.82, 2.24) is 14.8 Å². The van der Waals surface area contributed by atoms with Crippen molar-refractivity contribution in [2.45, 2.75) is 45.8 Å². The van der Waals surface area contributed by atoms with Crippen LogP contribution in [0.4, 0.5) is 0 Å². The number of hydrogen-bond acceptors (Lipinski definition) is 4. The highest BCUT2D eigenvalue weighted by molar-refractivity contribution is 6.07. The molecule has 2 heterocycles. The third kappa shape index (κ3) is 2.52. The molecule has 0 aliphatic rings. The van der Waals surface area contributed by atoms with Crippen molar-refractivity contribution in [2.24, 2.45) is 0 Å². The van der Waals surface area contributed by atoms with Crippen LogP contribution in [0.25, 0.3) is 21.8 Å². The van der Waals surface area contributed by atoms with Gasteiger partial charge in [0, 0.05) is 29.4 Å². The van der Waals surface area contributed by atoms with Crippen LogP contribution < -0.4 is 0 Å². The zero-order chi connectivity index (χ0) is 15.9. The number of pyridine rings is 1. The van der Waals surface area contributed by atoms with Crippen molar-refractivity contribution >= 4 is 21.8 Å². The molecule has 5 nitrogen and oxygen atoms in total. The molecule has 0 spiro atoms. The fourth-order valence-corrected chi connectivity index (χ4v) is 2.87. The van der Waals surface area contributed by atoms with E-state index in [-0.39, 0.29) is 5.88 Å². The van der Waals surface area contributed by atoms with Gasteiger partial charge in [0.05, 0.1) is 11.1 Å². The average Bonchev–Trinajstić information content (AvgIpc) is 2.77. The number of aliphatic hydroxyl groups is 1. The Balaban J connectivity index is 2.39. The molecule has 0 aliphatic carbocycles. The van der Waals surface area contributed by atoms with E-state index in [4.69, 9.17) is 0 Å². The summed E-state index contributed by atoms with van der Waals surface area (Å²) < 4.78 is 1.89. The van der Waals surface area contributed by atoms with Crippen molar-refractivity contribution in [2.75, 3.05) is 0 Å². The van der Waals surface area contributed by atoms with Gasteiger partial charge in [-0.15, -0.1) is 0 Å². The molecule has 0 unspecified atom stereocenters. The Bertz CT molecular complexity index is 831. The summed E-state index contributed by atoms with van der Waals surface area (Å²) in [5, 5.41) is 26.9. The highest BCUT2D eigenvalue weighted by Gasteiger charge is 2.23. The number of aromatic nitrogens is 3. The first-order valence-electron chi connectivity index (χ1n) is 7.60. The summed E-state index contributed by atoms with van der Waals surface area (Å²) in [6.07, 6.45) is 1.40. The van der Waals surface area contributed by atoms with Crippen molar-refractivity contribution in [3.8, 4) is 5.88 Å². The van der Waals surface area contributed by atoms with Crippen LogP contribution in [0.15, 0.2) is 24.3 Å². The molecule has 22 heavy (non-hydrogen) atoms. The number of nitrogens with zero attached hydrogens (tertiary/aromatic N) is 3. The van der Waals surface area contributed by atoms with Crippen LogP contribution >= 0.6 is 0 Å². The molecule has 2 aromatic heterocycles. The number of aryl methyl sites for hydroxylation is 1. The fourth-order valence-electron chi connectivity index (χ4n) is 2.87. The molecule has 116 valence electrons. The Morgan fingerprint density at radius 1 is 1.23 bits per heavy atom. The molecule has 5 heteroatoms. The lowest BCUT2D eigenvalue weighted by Gasteiger charge is -2.18.